The highest BCUT2D eigenvalue weighted by molar-refractivity contribution is 6.31. The number of rotatable bonds is 5. The number of furan rings is 1. The fourth-order valence-corrected chi connectivity index (χ4v) is 2.51. The third-order valence-electron chi connectivity index (χ3n) is 3.67. The van der Waals surface area contributed by atoms with Gasteiger partial charge in [-0.05, 0) is 43.3 Å². The van der Waals surface area contributed by atoms with E-state index in [1.165, 1.54) is 20.1 Å². The van der Waals surface area contributed by atoms with E-state index in [1.807, 2.05) is 0 Å². The zero-order chi connectivity index (χ0) is 18.7. The van der Waals surface area contributed by atoms with E-state index in [-0.39, 0.29) is 5.76 Å². The predicted molar refractivity (Wildman–Crippen MR) is 97.7 cm³/mol. The zero-order valence-corrected chi connectivity index (χ0v) is 14.9. The number of hydrogen-bond acceptors (Lipinski definition) is 5. The average Bonchev–Trinajstić information content (AvgIpc) is 3.05. The number of anilines is 1. The summed E-state index contributed by atoms with van der Waals surface area (Å²) in [5.41, 5.74) is 1.05. The van der Waals surface area contributed by atoms with Gasteiger partial charge in [0.1, 0.15) is 11.3 Å². The molecule has 0 spiro atoms. The number of hydrogen-bond donors (Lipinski definition) is 1. The van der Waals surface area contributed by atoms with Crippen LogP contribution in [0, 0.1) is 0 Å². The number of carbonyl (C=O) groups excluding carboxylic acids is 2. The first-order valence-electron chi connectivity index (χ1n) is 7.81. The normalized spacial score (nSPS) is 11.8. The van der Waals surface area contributed by atoms with E-state index in [0.717, 1.165) is 0 Å². The van der Waals surface area contributed by atoms with E-state index >= 15 is 0 Å². The highest BCUT2D eigenvalue weighted by Crippen LogP contribution is 2.24. The highest BCUT2D eigenvalue weighted by atomic mass is 35.5. The quantitative estimate of drug-likeness (QED) is 0.675. The molecule has 3 aromatic rings. The van der Waals surface area contributed by atoms with Crippen molar-refractivity contribution in [2.75, 3.05) is 12.4 Å². The summed E-state index contributed by atoms with van der Waals surface area (Å²) >= 11 is 5.91. The molecule has 134 valence electrons. The summed E-state index contributed by atoms with van der Waals surface area (Å²) in [5.74, 6) is -0.590. The SMILES string of the molecule is COc1cccc(NC(=O)[C@H](C)OC(=O)c2cc3cc(Cl)ccc3o2)c1. The van der Waals surface area contributed by atoms with Crippen LogP contribution in [0.5, 0.6) is 5.75 Å². The number of benzene rings is 2. The first kappa shape index (κ1) is 17.8. The van der Waals surface area contributed by atoms with Gasteiger partial charge in [-0.25, -0.2) is 4.79 Å². The molecule has 0 aliphatic heterocycles. The number of fused-ring (bicyclic) bond motifs is 1. The Balaban J connectivity index is 1.66. The molecule has 26 heavy (non-hydrogen) atoms. The van der Waals surface area contributed by atoms with Gasteiger partial charge in [-0.15, -0.1) is 0 Å². The topological polar surface area (TPSA) is 77.8 Å². The van der Waals surface area contributed by atoms with Crippen LogP contribution in [-0.4, -0.2) is 25.1 Å². The molecule has 7 heteroatoms. The average molecular weight is 374 g/mol. The molecule has 1 N–H and O–H groups in total. The predicted octanol–water partition coefficient (Wildman–Crippen LogP) is 4.28. The van der Waals surface area contributed by atoms with Gasteiger partial charge < -0.3 is 19.2 Å². The second kappa shape index (κ2) is 7.49. The molecule has 0 fully saturated rings. The summed E-state index contributed by atoms with van der Waals surface area (Å²) in [7, 11) is 1.53. The fraction of sp³-hybridized carbons (Fsp3) is 0.158. The number of carbonyl (C=O) groups is 2. The molecule has 3 rings (SSSR count). The second-order valence-electron chi connectivity index (χ2n) is 5.56. The van der Waals surface area contributed by atoms with Crippen molar-refractivity contribution in [1.82, 2.24) is 0 Å². The molecule has 0 saturated carbocycles. The minimum atomic E-state index is -1.01. The van der Waals surface area contributed by atoms with Gasteiger partial charge in [0.05, 0.1) is 7.11 Å². The molecule has 2 aromatic carbocycles. The van der Waals surface area contributed by atoms with Gasteiger partial charge in [0.15, 0.2) is 6.10 Å². The number of methoxy groups -OCH3 is 1. The molecule has 1 atom stereocenters. The molecule has 0 radical (unpaired) electrons. The molecule has 0 bridgehead atoms. The van der Waals surface area contributed by atoms with Gasteiger partial charge in [-0.3, -0.25) is 4.79 Å². The lowest BCUT2D eigenvalue weighted by atomic mass is 10.2. The molecule has 1 amide bonds. The van der Waals surface area contributed by atoms with Crippen LogP contribution >= 0.6 is 11.6 Å². The van der Waals surface area contributed by atoms with Gasteiger partial charge in [0, 0.05) is 22.2 Å². The van der Waals surface area contributed by atoms with Gasteiger partial charge >= 0.3 is 5.97 Å². The van der Waals surface area contributed by atoms with Crippen LogP contribution in [0.1, 0.15) is 17.5 Å². The first-order valence-corrected chi connectivity index (χ1v) is 8.19. The zero-order valence-electron chi connectivity index (χ0n) is 14.1. The van der Waals surface area contributed by atoms with Crippen LogP contribution in [0.2, 0.25) is 5.02 Å². The van der Waals surface area contributed by atoms with E-state index in [2.05, 4.69) is 5.32 Å². The summed E-state index contributed by atoms with van der Waals surface area (Å²) in [4.78, 5) is 24.4. The molecule has 6 nitrogen and oxygen atoms in total. The monoisotopic (exact) mass is 373 g/mol. The van der Waals surface area contributed by atoms with E-state index in [0.29, 0.717) is 27.4 Å². The maximum atomic E-state index is 12.2. The lowest BCUT2D eigenvalue weighted by molar-refractivity contribution is -0.123. The Labute approximate surface area is 154 Å². The van der Waals surface area contributed by atoms with Crippen molar-refractivity contribution >= 4 is 40.1 Å². The van der Waals surface area contributed by atoms with E-state index in [1.54, 1.807) is 42.5 Å². The molecule has 0 aliphatic rings. The molecule has 0 unspecified atom stereocenters. The number of amides is 1. The molecular formula is C19H16ClNO5. The summed E-state index contributed by atoms with van der Waals surface area (Å²) in [6.07, 6.45) is -1.01. The minimum Gasteiger partial charge on any atom is -0.497 e. The summed E-state index contributed by atoms with van der Waals surface area (Å²) < 4.78 is 15.7. The molecule has 0 saturated heterocycles. The van der Waals surface area contributed by atoms with Crippen molar-refractivity contribution in [2.24, 2.45) is 0 Å². The summed E-state index contributed by atoms with van der Waals surface area (Å²) in [5, 5.41) is 3.87. The molecule has 1 aromatic heterocycles. The molecule has 1 heterocycles. The van der Waals surface area contributed by atoms with Crippen LogP contribution in [0.15, 0.2) is 52.9 Å². The van der Waals surface area contributed by atoms with Crippen molar-refractivity contribution in [2.45, 2.75) is 13.0 Å². The lowest BCUT2D eigenvalue weighted by Crippen LogP contribution is -2.29. The molecule has 0 aliphatic carbocycles. The van der Waals surface area contributed by atoms with Crippen molar-refractivity contribution in [3.05, 3.63) is 59.3 Å². The number of halogens is 1. The van der Waals surface area contributed by atoms with Crippen LogP contribution in [-0.2, 0) is 9.53 Å². The van der Waals surface area contributed by atoms with Crippen molar-refractivity contribution in [3.8, 4) is 5.75 Å². The standard InChI is InChI=1S/C19H16ClNO5/c1-11(18(22)21-14-4-3-5-15(10-14)24-2)25-19(23)17-9-12-8-13(20)6-7-16(12)26-17/h3-11H,1-2H3,(H,21,22)/t11-/m0/s1. The van der Waals surface area contributed by atoms with Crippen LogP contribution in [0.3, 0.4) is 0 Å². The Kier molecular flexibility index (Phi) is 5.14. The Hall–Kier alpha value is -2.99. The maximum absolute atomic E-state index is 12.2. The van der Waals surface area contributed by atoms with E-state index in [4.69, 9.17) is 25.5 Å². The van der Waals surface area contributed by atoms with Crippen molar-refractivity contribution < 1.29 is 23.5 Å². The fourth-order valence-electron chi connectivity index (χ4n) is 2.33. The summed E-state index contributed by atoms with van der Waals surface area (Å²) in [6.45, 7) is 1.48. The number of ether oxygens (including phenoxy) is 2. The second-order valence-corrected chi connectivity index (χ2v) is 6.00. The van der Waals surface area contributed by atoms with E-state index in [9.17, 15) is 9.59 Å². The highest BCUT2D eigenvalue weighted by Gasteiger charge is 2.22. The maximum Gasteiger partial charge on any atom is 0.375 e. The van der Waals surface area contributed by atoms with Crippen molar-refractivity contribution in [1.29, 1.82) is 0 Å². The largest absolute Gasteiger partial charge is 0.497 e. The third-order valence-corrected chi connectivity index (χ3v) is 3.90. The lowest BCUT2D eigenvalue weighted by Gasteiger charge is -2.13. The Bertz CT molecular complexity index is 965. The van der Waals surface area contributed by atoms with Gasteiger partial charge in [-0.2, -0.15) is 0 Å². The van der Waals surface area contributed by atoms with Crippen LogP contribution in [0.25, 0.3) is 11.0 Å². The minimum absolute atomic E-state index is 0.00305. The van der Waals surface area contributed by atoms with E-state index < -0.39 is 18.0 Å². The Morgan fingerprint density at radius 3 is 2.73 bits per heavy atom. The Morgan fingerprint density at radius 2 is 1.96 bits per heavy atom. The van der Waals surface area contributed by atoms with Crippen LogP contribution < -0.4 is 10.1 Å². The van der Waals surface area contributed by atoms with Crippen LogP contribution in [0.4, 0.5) is 5.69 Å². The number of nitrogens with one attached hydrogen (secondary N) is 1. The smallest absolute Gasteiger partial charge is 0.375 e. The number of esters is 1. The van der Waals surface area contributed by atoms with Crippen molar-refractivity contribution in [3.63, 3.8) is 0 Å². The van der Waals surface area contributed by atoms with Gasteiger partial charge in [0.25, 0.3) is 5.91 Å². The molecular weight excluding hydrogens is 358 g/mol. The summed E-state index contributed by atoms with van der Waals surface area (Å²) in [6, 6.07) is 13.4. The van der Waals surface area contributed by atoms with Gasteiger partial charge in [0.2, 0.25) is 5.76 Å². The Morgan fingerprint density at radius 1 is 1.15 bits per heavy atom. The van der Waals surface area contributed by atoms with Gasteiger partial charge in [-0.1, -0.05) is 17.7 Å². The first-order chi connectivity index (χ1) is 12.5. The third kappa shape index (κ3) is 3.97.